The Hall–Kier alpha value is -2.31. The first-order valence-electron chi connectivity index (χ1n) is 9.59. The van der Waals surface area contributed by atoms with Gasteiger partial charge in [-0.3, -0.25) is 9.59 Å². The van der Waals surface area contributed by atoms with Crippen LogP contribution in [0.1, 0.15) is 45.9 Å². The van der Waals surface area contributed by atoms with Crippen molar-refractivity contribution >= 4 is 18.3 Å². The van der Waals surface area contributed by atoms with Gasteiger partial charge in [0, 0.05) is 25.2 Å². The molecule has 2 aliphatic heterocycles. The SMILES string of the molecule is Cc1ccn(C2CCNCC2)c(=O)c1C(=O)NCc1ccc2c(c1)CCO2.Cl. The van der Waals surface area contributed by atoms with Crippen LogP contribution in [0.4, 0.5) is 0 Å². The van der Waals surface area contributed by atoms with Crippen molar-refractivity contribution < 1.29 is 9.53 Å². The lowest BCUT2D eigenvalue weighted by atomic mass is 10.0. The number of nitrogens with zero attached hydrogens (tertiary/aromatic N) is 1. The van der Waals surface area contributed by atoms with Crippen LogP contribution in [0.2, 0.25) is 0 Å². The number of aryl methyl sites for hydroxylation is 1. The summed E-state index contributed by atoms with van der Waals surface area (Å²) in [7, 11) is 0. The first-order chi connectivity index (χ1) is 13.1. The van der Waals surface area contributed by atoms with E-state index < -0.39 is 0 Å². The summed E-state index contributed by atoms with van der Waals surface area (Å²) in [5.41, 5.74) is 2.96. The molecule has 150 valence electrons. The molecule has 0 saturated carbocycles. The summed E-state index contributed by atoms with van der Waals surface area (Å²) >= 11 is 0. The van der Waals surface area contributed by atoms with Crippen LogP contribution >= 0.6 is 12.4 Å². The molecule has 0 bridgehead atoms. The molecule has 28 heavy (non-hydrogen) atoms. The topological polar surface area (TPSA) is 72.4 Å². The van der Waals surface area contributed by atoms with Crippen molar-refractivity contribution in [1.82, 2.24) is 15.2 Å². The molecule has 1 amide bonds. The van der Waals surface area contributed by atoms with Gasteiger partial charge < -0.3 is 19.9 Å². The van der Waals surface area contributed by atoms with E-state index in [2.05, 4.69) is 16.7 Å². The van der Waals surface area contributed by atoms with Crippen molar-refractivity contribution in [2.45, 2.75) is 38.8 Å². The van der Waals surface area contributed by atoms with E-state index in [4.69, 9.17) is 4.74 Å². The third-order valence-electron chi connectivity index (χ3n) is 5.46. The van der Waals surface area contributed by atoms with Crippen molar-refractivity contribution in [3.05, 3.63) is 63.1 Å². The maximum Gasteiger partial charge on any atom is 0.263 e. The Morgan fingerprint density at radius 3 is 2.86 bits per heavy atom. The highest BCUT2D eigenvalue weighted by molar-refractivity contribution is 5.95. The van der Waals surface area contributed by atoms with Crippen LogP contribution in [0.5, 0.6) is 5.75 Å². The largest absolute Gasteiger partial charge is 0.493 e. The summed E-state index contributed by atoms with van der Waals surface area (Å²) < 4.78 is 7.25. The van der Waals surface area contributed by atoms with Gasteiger partial charge in [-0.2, -0.15) is 0 Å². The number of amides is 1. The summed E-state index contributed by atoms with van der Waals surface area (Å²) in [6.07, 6.45) is 4.53. The van der Waals surface area contributed by atoms with Gasteiger partial charge in [-0.15, -0.1) is 12.4 Å². The second kappa shape index (κ2) is 8.80. The molecule has 1 fully saturated rings. The smallest absolute Gasteiger partial charge is 0.263 e. The highest BCUT2D eigenvalue weighted by Crippen LogP contribution is 2.25. The lowest BCUT2D eigenvalue weighted by Crippen LogP contribution is -2.38. The van der Waals surface area contributed by atoms with Crippen molar-refractivity contribution in [2.75, 3.05) is 19.7 Å². The third-order valence-corrected chi connectivity index (χ3v) is 5.46. The second-order valence-electron chi connectivity index (χ2n) is 7.29. The predicted octanol–water partition coefficient (Wildman–Crippen LogP) is 2.37. The molecule has 7 heteroatoms. The highest BCUT2D eigenvalue weighted by Gasteiger charge is 2.21. The third kappa shape index (κ3) is 4.08. The number of halogens is 1. The zero-order chi connectivity index (χ0) is 18.8. The van der Waals surface area contributed by atoms with Crippen molar-refractivity contribution in [2.24, 2.45) is 0 Å². The first-order valence-corrected chi connectivity index (χ1v) is 9.59. The van der Waals surface area contributed by atoms with Gasteiger partial charge in [0.2, 0.25) is 0 Å². The number of benzene rings is 1. The maximum absolute atomic E-state index is 13.0. The average molecular weight is 404 g/mol. The number of piperidine rings is 1. The molecule has 2 aromatic rings. The zero-order valence-electron chi connectivity index (χ0n) is 16.0. The summed E-state index contributed by atoms with van der Waals surface area (Å²) in [6, 6.07) is 7.98. The Labute approximate surface area is 170 Å². The number of aromatic nitrogens is 1. The fourth-order valence-electron chi connectivity index (χ4n) is 3.91. The molecule has 2 N–H and O–H groups in total. The molecule has 0 radical (unpaired) electrons. The Morgan fingerprint density at radius 2 is 2.07 bits per heavy atom. The number of hydrogen-bond donors (Lipinski definition) is 2. The van der Waals surface area contributed by atoms with Crippen LogP contribution in [-0.4, -0.2) is 30.2 Å². The summed E-state index contributed by atoms with van der Waals surface area (Å²) in [5, 5.41) is 6.22. The average Bonchev–Trinajstić information content (AvgIpc) is 3.15. The minimum Gasteiger partial charge on any atom is -0.493 e. The number of hydrogen-bond acceptors (Lipinski definition) is 4. The minimum atomic E-state index is -0.308. The van der Waals surface area contributed by atoms with E-state index in [-0.39, 0.29) is 35.5 Å². The van der Waals surface area contributed by atoms with Crippen LogP contribution in [-0.2, 0) is 13.0 Å². The molecule has 0 unspecified atom stereocenters. The Morgan fingerprint density at radius 1 is 1.29 bits per heavy atom. The number of fused-ring (bicyclic) bond motifs is 1. The van der Waals surface area contributed by atoms with Crippen LogP contribution in [0.15, 0.2) is 35.3 Å². The lowest BCUT2D eigenvalue weighted by molar-refractivity contribution is 0.0947. The van der Waals surface area contributed by atoms with Gasteiger partial charge in [-0.25, -0.2) is 0 Å². The minimum absolute atomic E-state index is 0. The van der Waals surface area contributed by atoms with Crippen molar-refractivity contribution in [1.29, 1.82) is 0 Å². The lowest BCUT2D eigenvalue weighted by Gasteiger charge is -2.25. The number of ether oxygens (including phenoxy) is 1. The van der Waals surface area contributed by atoms with E-state index in [0.717, 1.165) is 43.7 Å². The van der Waals surface area contributed by atoms with E-state index in [9.17, 15) is 9.59 Å². The number of pyridine rings is 1. The molecule has 0 spiro atoms. The normalized spacial score (nSPS) is 16.0. The Bertz CT molecular complexity index is 920. The van der Waals surface area contributed by atoms with Gasteiger partial charge in [-0.05, 0) is 61.7 Å². The van der Waals surface area contributed by atoms with Gasteiger partial charge in [0.05, 0.1) is 6.61 Å². The molecular formula is C21H26ClN3O3. The predicted molar refractivity (Wildman–Crippen MR) is 111 cm³/mol. The van der Waals surface area contributed by atoms with Gasteiger partial charge in [0.15, 0.2) is 0 Å². The van der Waals surface area contributed by atoms with E-state index in [1.807, 2.05) is 31.3 Å². The number of carbonyl (C=O) groups is 1. The molecular weight excluding hydrogens is 378 g/mol. The zero-order valence-corrected chi connectivity index (χ0v) is 16.8. The summed E-state index contributed by atoms with van der Waals surface area (Å²) in [4.78, 5) is 25.7. The van der Waals surface area contributed by atoms with Crippen LogP contribution < -0.4 is 20.9 Å². The standard InChI is InChI=1S/C21H25N3O3.ClH/c1-14-6-10-24(17-4-8-22-9-5-17)21(26)19(14)20(25)23-13-15-2-3-18-16(12-15)7-11-27-18;/h2-3,6,10,12,17,22H,4-5,7-9,11,13H2,1H3,(H,23,25);1H. The molecule has 2 aliphatic rings. The Balaban J connectivity index is 0.00000225. The summed E-state index contributed by atoms with van der Waals surface area (Å²) in [6.45, 7) is 4.72. The molecule has 1 saturated heterocycles. The van der Waals surface area contributed by atoms with Crippen LogP contribution in [0, 0.1) is 6.92 Å². The van der Waals surface area contributed by atoms with Gasteiger partial charge in [0.25, 0.3) is 11.5 Å². The quantitative estimate of drug-likeness (QED) is 0.822. The molecule has 1 aromatic carbocycles. The van der Waals surface area contributed by atoms with E-state index >= 15 is 0 Å². The fraction of sp³-hybridized carbons (Fsp3) is 0.429. The summed E-state index contributed by atoms with van der Waals surface area (Å²) in [5.74, 6) is 0.617. The van der Waals surface area contributed by atoms with Gasteiger partial charge >= 0.3 is 0 Å². The number of carbonyl (C=O) groups excluding carboxylic acids is 1. The molecule has 3 heterocycles. The molecule has 6 nitrogen and oxygen atoms in total. The van der Waals surface area contributed by atoms with E-state index in [0.29, 0.717) is 18.7 Å². The maximum atomic E-state index is 13.0. The number of rotatable bonds is 4. The fourth-order valence-corrected chi connectivity index (χ4v) is 3.91. The van der Waals surface area contributed by atoms with E-state index in [1.54, 1.807) is 4.57 Å². The molecule has 4 rings (SSSR count). The second-order valence-corrected chi connectivity index (χ2v) is 7.29. The van der Waals surface area contributed by atoms with Crippen LogP contribution in [0.25, 0.3) is 0 Å². The van der Waals surface area contributed by atoms with Crippen LogP contribution in [0.3, 0.4) is 0 Å². The van der Waals surface area contributed by atoms with Crippen molar-refractivity contribution in [3.8, 4) is 5.75 Å². The highest BCUT2D eigenvalue weighted by atomic mass is 35.5. The van der Waals surface area contributed by atoms with Crippen molar-refractivity contribution in [3.63, 3.8) is 0 Å². The molecule has 1 aromatic heterocycles. The van der Waals surface area contributed by atoms with Gasteiger partial charge in [0.1, 0.15) is 11.3 Å². The van der Waals surface area contributed by atoms with E-state index in [1.165, 1.54) is 5.56 Å². The molecule has 0 atom stereocenters. The monoisotopic (exact) mass is 403 g/mol. The number of nitrogens with one attached hydrogen (secondary N) is 2. The first kappa shape index (κ1) is 20.4. The van der Waals surface area contributed by atoms with Gasteiger partial charge in [-0.1, -0.05) is 12.1 Å². The molecule has 0 aliphatic carbocycles. The Kier molecular flexibility index (Phi) is 6.42.